The minimum Gasteiger partial charge on any atom is -0.373 e. The first-order valence-electron chi connectivity index (χ1n) is 26.9. The van der Waals surface area contributed by atoms with E-state index in [1.54, 1.807) is 55.1 Å². The third kappa shape index (κ3) is 12.1. The topological polar surface area (TPSA) is 256 Å². The number of rotatable bonds is 14. The van der Waals surface area contributed by atoms with Crippen molar-refractivity contribution in [2.24, 2.45) is 5.92 Å². The van der Waals surface area contributed by atoms with Gasteiger partial charge in [-0.3, -0.25) is 14.5 Å². The van der Waals surface area contributed by atoms with Gasteiger partial charge >= 0.3 is 0 Å². The number of carbonyl (C=O) groups excluding carboxylic acids is 2. The van der Waals surface area contributed by atoms with Crippen LogP contribution in [0.25, 0.3) is 27.8 Å². The van der Waals surface area contributed by atoms with Gasteiger partial charge in [0.2, 0.25) is 11.9 Å². The van der Waals surface area contributed by atoms with Gasteiger partial charge in [-0.2, -0.15) is 4.57 Å². The normalized spacial score (nSPS) is 16.6. The largest absolute Gasteiger partial charge is 0.373 e. The number of hydrogen-bond donors (Lipinski definition) is 5. The Morgan fingerprint density at radius 3 is 2.01 bits per heavy atom. The summed E-state index contributed by atoms with van der Waals surface area (Å²) in [5.41, 5.74) is 5.51. The van der Waals surface area contributed by atoms with Gasteiger partial charge < -0.3 is 45.3 Å². The van der Waals surface area contributed by atoms with E-state index in [2.05, 4.69) is 89.3 Å². The second kappa shape index (κ2) is 21.9. The van der Waals surface area contributed by atoms with Gasteiger partial charge in [0.15, 0.2) is 28.5 Å². The van der Waals surface area contributed by atoms with Crippen molar-refractivity contribution in [2.75, 3.05) is 64.2 Å². The van der Waals surface area contributed by atoms with E-state index in [0.717, 1.165) is 50.1 Å². The molecule has 2 unspecified atom stereocenters. The van der Waals surface area contributed by atoms with Gasteiger partial charge in [0.05, 0.1) is 24.6 Å². The lowest BCUT2D eigenvalue weighted by molar-refractivity contribution is -0.571. The number of amides is 2. The SMILES string of the molecule is Cc1ccc(C(=O)Nc2cc(C(C)(C)C)on2)cc1Nc1nc[n+](-c2cc(C(=O)Nc3cc(C(C)(C)C)on3)cc(Nc3ncnc4cnc(NCC(C)C)nc34)c2C)c2cnc(N3CCC(N4CC(C)OC(C)C4)CC3)nc12. The molecule has 22 heteroatoms. The van der Waals surface area contributed by atoms with E-state index in [1.807, 2.05) is 66.0 Å². The summed E-state index contributed by atoms with van der Waals surface area (Å²) < 4.78 is 19.1. The monoisotopic (exact) mass is 1070 g/mol. The molecule has 2 aromatic carbocycles. The van der Waals surface area contributed by atoms with E-state index in [9.17, 15) is 9.59 Å². The summed E-state index contributed by atoms with van der Waals surface area (Å²) >= 11 is 0. The number of nitrogens with zero attached hydrogens (tertiary/aromatic N) is 12. The molecular weight excluding hydrogens is 1000 g/mol. The van der Waals surface area contributed by atoms with E-state index in [1.165, 1.54) is 6.33 Å². The molecule has 2 aliphatic rings. The van der Waals surface area contributed by atoms with E-state index in [-0.39, 0.29) is 40.3 Å². The van der Waals surface area contributed by atoms with Crippen LogP contribution in [-0.4, -0.2) is 113 Å². The molecule has 8 aromatic rings. The van der Waals surface area contributed by atoms with Gasteiger partial charge in [-0.15, -0.1) is 0 Å². The minimum absolute atomic E-state index is 0.178. The number of benzene rings is 2. The van der Waals surface area contributed by atoms with Crippen LogP contribution < -0.4 is 36.1 Å². The molecule has 2 atom stereocenters. The zero-order valence-corrected chi connectivity index (χ0v) is 47.0. The molecule has 0 aliphatic carbocycles. The number of hydrogen-bond acceptors (Lipinski definition) is 19. The van der Waals surface area contributed by atoms with Crippen LogP contribution in [0.5, 0.6) is 0 Å². The Kier molecular flexibility index (Phi) is 15.0. The van der Waals surface area contributed by atoms with Gasteiger partial charge in [0.1, 0.15) is 34.6 Å². The zero-order valence-electron chi connectivity index (χ0n) is 47.0. The smallest absolute Gasteiger partial charge is 0.294 e. The van der Waals surface area contributed by atoms with Crippen molar-refractivity contribution >= 4 is 80.4 Å². The summed E-state index contributed by atoms with van der Waals surface area (Å²) in [6, 6.07) is 12.8. The molecule has 10 rings (SSSR count). The van der Waals surface area contributed by atoms with Crippen LogP contribution in [0.3, 0.4) is 0 Å². The van der Waals surface area contributed by atoms with Crippen LogP contribution in [-0.2, 0) is 15.6 Å². The Balaban J connectivity index is 1.06. The van der Waals surface area contributed by atoms with Crippen molar-refractivity contribution in [3.8, 4) is 5.69 Å². The van der Waals surface area contributed by atoms with Gasteiger partial charge in [-0.1, -0.05) is 71.8 Å². The fourth-order valence-electron chi connectivity index (χ4n) is 9.78. The minimum atomic E-state index is -0.440. The maximum absolute atomic E-state index is 14.5. The average molecular weight is 1070 g/mol. The quantitative estimate of drug-likeness (QED) is 0.0635. The highest BCUT2D eigenvalue weighted by atomic mass is 16.5. The average Bonchev–Trinajstić information content (AvgIpc) is 4.22. The van der Waals surface area contributed by atoms with E-state index < -0.39 is 5.91 Å². The summed E-state index contributed by atoms with van der Waals surface area (Å²) in [7, 11) is 0. The van der Waals surface area contributed by atoms with Crippen LogP contribution in [0.1, 0.15) is 125 Å². The van der Waals surface area contributed by atoms with Gasteiger partial charge in [-0.25, -0.2) is 29.9 Å². The standard InChI is InChI=1S/C57H69N17O5/c1-31(2)24-58-54-59-25-41-48(68-54)50(62-29-61-41)65-40-20-37(53(76)67-47-23-45(79-71-47)57(10,11)12)21-42(35(40)6)74-30-63-51(64-39-19-36(14-13-32(39)3)52(75)66-46-22-44(78-70-46)56(7,8)9)49-43(74)26-60-55(69-49)72-17-15-38(16-18-72)73-27-33(4)77-34(5)28-73/h13-14,19-23,25-26,29-31,33-34,38H,15-18,24,27-28H2,1-12H3,(H4,58,59,60,61,62,64,65,66,67,68,69,70,71,75,76)/p+1. The number of morpholine rings is 1. The molecule has 79 heavy (non-hydrogen) atoms. The highest BCUT2D eigenvalue weighted by Crippen LogP contribution is 2.33. The van der Waals surface area contributed by atoms with Gasteiger partial charge in [-0.05, 0) is 81.3 Å². The van der Waals surface area contributed by atoms with Crippen LogP contribution >= 0.6 is 0 Å². The molecule has 0 bridgehead atoms. The number of carbonyl (C=O) groups is 2. The lowest BCUT2D eigenvalue weighted by Crippen LogP contribution is -2.53. The fraction of sp³-hybridized carbons (Fsp3) is 0.439. The van der Waals surface area contributed by atoms with Gasteiger partial charge in [0, 0.05) is 89.8 Å². The van der Waals surface area contributed by atoms with E-state index in [4.69, 9.17) is 33.7 Å². The first-order chi connectivity index (χ1) is 37.6. The van der Waals surface area contributed by atoms with Crippen molar-refractivity contribution in [3.63, 3.8) is 0 Å². The summed E-state index contributed by atoms with van der Waals surface area (Å²) in [5.74, 6) is 3.23. The third-order valence-corrected chi connectivity index (χ3v) is 14.2. The van der Waals surface area contributed by atoms with Crippen LogP contribution in [0.2, 0.25) is 0 Å². The molecular formula is C57H70N17O5+. The Hall–Kier alpha value is -8.24. The molecule has 6 aromatic heterocycles. The first kappa shape index (κ1) is 54.1. The Bertz CT molecular complexity index is 3550. The highest BCUT2D eigenvalue weighted by Gasteiger charge is 2.33. The fourth-order valence-corrected chi connectivity index (χ4v) is 9.78. The zero-order chi connectivity index (χ0) is 55.9. The number of ether oxygens (including phenoxy) is 1. The van der Waals surface area contributed by atoms with Gasteiger partial charge in [0.25, 0.3) is 24.0 Å². The summed E-state index contributed by atoms with van der Waals surface area (Å²) in [6.45, 7) is 28.4. The molecule has 0 radical (unpaired) electrons. The molecule has 412 valence electrons. The summed E-state index contributed by atoms with van der Waals surface area (Å²) in [5, 5.41) is 24.4. The molecule has 0 saturated carbocycles. The highest BCUT2D eigenvalue weighted by molar-refractivity contribution is 6.06. The van der Waals surface area contributed by atoms with Crippen molar-refractivity contribution < 1.29 is 27.9 Å². The maximum Gasteiger partial charge on any atom is 0.294 e. The van der Waals surface area contributed by atoms with Crippen LogP contribution in [0.15, 0.2) is 76.6 Å². The maximum atomic E-state index is 14.5. The third-order valence-electron chi connectivity index (χ3n) is 14.2. The number of anilines is 8. The lowest BCUT2D eigenvalue weighted by Gasteiger charge is -2.43. The number of fused-ring (bicyclic) bond motifs is 2. The second-order valence-electron chi connectivity index (χ2n) is 23.2. The molecule has 2 amide bonds. The molecule has 2 aliphatic heterocycles. The van der Waals surface area contributed by atoms with Crippen molar-refractivity contribution in [3.05, 3.63) is 101 Å². The predicted octanol–water partition coefficient (Wildman–Crippen LogP) is 9.36. The predicted molar refractivity (Wildman–Crippen MR) is 303 cm³/mol. The molecule has 8 heterocycles. The Morgan fingerprint density at radius 2 is 1.37 bits per heavy atom. The molecule has 2 saturated heterocycles. The molecule has 5 N–H and O–H groups in total. The number of aryl methyl sites for hydroxylation is 1. The van der Waals surface area contributed by atoms with E-state index in [0.29, 0.717) is 104 Å². The molecule has 22 nitrogen and oxygen atoms in total. The summed E-state index contributed by atoms with van der Waals surface area (Å²) in [4.78, 5) is 66.9. The van der Waals surface area contributed by atoms with Crippen molar-refractivity contribution in [2.45, 2.75) is 125 Å². The lowest BCUT2D eigenvalue weighted by atomic mass is 9.93. The number of aromatic nitrogens is 10. The number of nitrogens with one attached hydrogen (secondary N) is 5. The summed E-state index contributed by atoms with van der Waals surface area (Å²) in [6.07, 6.45) is 8.81. The molecule has 0 spiro atoms. The van der Waals surface area contributed by atoms with Crippen LogP contribution in [0, 0.1) is 19.8 Å². The first-order valence-corrected chi connectivity index (χ1v) is 26.9. The van der Waals surface area contributed by atoms with E-state index >= 15 is 0 Å². The Morgan fingerprint density at radius 1 is 0.734 bits per heavy atom. The Labute approximate surface area is 459 Å². The molecule has 2 fully saturated rings. The number of piperidine rings is 1. The second-order valence-corrected chi connectivity index (χ2v) is 23.2. The van der Waals surface area contributed by atoms with Crippen LogP contribution in [0.4, 0.5) is 46.5 Å². The van der Waals surface area contributed by atoms with Crippen molar-refractivity contribution in [1.82, 2.24) is 50.1 Å². The van der Waals surface area contributed by atoms with Crippen molar-refractivity contribution in [1.29, 1.82) is 0 Å².